The summed E-state index contributed by atoms with van der Waals surface area (Å²) >= 11 is 1.11. The van der Waals surface area contributed by atoms with Gasteiger partial charge in [0.15, 0.2) is 11.0 Å². The standard InChI is InChI=1S/C22H21F2N5OS/c1-13-25-18-6-4-14(10-19(18)29(13)9-8-28(2)3)11-20-21(30)27-22(31-20)26-17-7-5-15(23)12-16(17)24/h4-7,10-12H,8-9H2,1-3H3,(H,26,27,30)/b20-11-. The van der Waals surface area contributed by atoms with E-state index in [0.29, 0.717) is 4.91 Å². The van der Waals surface area contributed by atoms with E-state index in [9.17, 15) is 13.6 Å². The first-order valence-corrected chi connectivity index (χ1v) is 10.5. The molecule has 0 saturated carbocycles. The number of fused-ring (bicyclic) bond motifs is 1. The van der Waals surface area contributed by atoms with Crippen LogP contribution >= 0.6 is 11.8 Å². The Labute approximate surface area is 182 Å². The topological polar surface area (TPSA) is 62.5 Å². The van der Waals surface area contributed by atoms with Gasteiger partial charge in [-0.1, -0.05) is 6.07 Å². The van der Waals surface area contributed by atoms with Gasteiger partial charge < -0.3 is 14.8 Å². The number of amides is 1. The molecule has 31 heavy (non-hydrogen) atoms. The fourth-order valence-electron chi connectivity index (χ4n) is 3.25. The Kier molecular flexibility index (Phi) is 5.88. The predicted octanol–water partition coefficient (Wildman–Crippen LogP) is 4.08. The van der Waals surface area contributed by atoms with Crippen LogP contribution in [-0.4, -0.2) is 46.2 Å². The Balaban J connectivity index is 1.61. The van der Waals surface area contributed by atoms with E-state index >= 15 is 0 Å². The third-order valence-corrected chi connectivity index (χ3v) is 5.72. The monoisotopic (exact) mass is 441 g/mol. The average Bonchev–Trinajstić information content (AvgIpc) is 3.20. The SMILES string of the molecule is Cc1nc2ccc(/C=C3\SC(=Nc4ccc(F)cc4F)NC3=O)cc2n1CCN(C)C. The number of benzene rings is 2. The molecule has 1 aliphatic heterocycles. The van der Waals surface area contributed by atoms with Gasteiger partial charge in [0.1, 0.15) is 17.3 Å². The Hall–Kier alpha value is -3.04. The van der Waals surface area contributed by atoms with Crippen LogP contribution in [0.5, 0.6) is 0 Å². The van der Waals surface area contributed by atoms with Crippen molar-refractivity contribution in [2.45, 2.75) is 13.5 Å². The molecule has 1 saturated heterocycles. The van der Waals surface area contributed by atoms with E-state index in [1.54, 1.807) is 6.08 Å². The van der Waals surface area contributed by atoms with Crippen LogP contribution in [0.25, 0.3) is 17.1 Å². The molecule has 0 atom stereocenters. The van der Waals surface area contributed by atoms with Crippen molar-refractivity contribution < 1.29 is 13.6 Å². The van der Waals surface area contributed by atoms with E-state index in [1.807, 2.05) is 39.2 Å². The average molecular weight is 442 g/mol. The van der Waals surface area contributed by atoms with Gasteiger partial charge in [0.05, 0.1) is 15.9 Å². The van der Waals surface area contributed by atoms with Gasteiger partial charge in [0, 0.05) is 19.2 Å². The first-order chi connectivity index (χ1) is 14.8. The third-order valence-electron chi connectivity index (χ3n) is 4.81. The second kappa shape index (κ2) is 8.60. The van der Waals surface area contributed by atoms with E-state index < -0.39 is 11.6 Å². The first kappa shape index (κ1) is 21.2. The molecule has 9 heteroatoms. The fraction of sp³-hybridized carbons (Fsp3) is 0.227. The van der Waals surface area contributed by atoms with Crippen molar-refractivity contribution in [3.8, 4) is 0 Å². The molecule has 1 aliphatic rings. The number of nitrogens with zero attached hydrogens (tertiary/aromatic N) is 4. The second-order valence-corrected chi connectivity index (χ2v) is 8.47. The number of carbonyl (C=O) groups is 1. The molecule has 1 fully saturated rings. The molecule has 4 rings (SSSR count). The van der Waals surface area contributed by atoms with E-state index in [2.05, 4.69) is 24.8 Å². The molecule has 1 amide bonds. The molecule has 2 heterocycles. The van der Waals surface area contributed by atoms with Crippen LogP contribution in [0.15, 0.2) is 46.3 Å². The number of aliphatic imine (C=N–C) groups is 1. The molecule has 160 valence electrons. The number of nitrogens with one attached hydrogen (secondary N) is 1. The zero-order chi connectivity index (χ0) is 22.1. The van der Waals surface area contributed by atoms with Crippen molar-refractivity contribution in [1.82, 2.24) is 19.8 Å². The molecule has 1 aromatic heterocycles. The summed E-state index contributed by atoms with van der Waals surface area (Å²) in [7, 11) is 4.05. The maximum Gasteiger partial charge on any atom is 0.264 e. The van der Waals surface area contributed by atoms with Gasteiger partial charge >= 0.3 is 0 Å². The molecule has 0 spiro atoms. The minimum absolute atomic E-state index is 0.0351. The molecular weight excluding hydrogens is 420 g/mol. The van der Waals surface area contributed by atoms with Crippen molar-refractivity contribution in [3.63, 3.8) is 0 Å². The van der Waals surface area contributed by atoms with Crippen molar-refractivity contribution in [1.29, 1.82) is 0 Å². The summed E-state index contributed by atoms with van der Waals surface area (Å²) in [6.45, 7) is 3.67. The number of aromatic nitrogens is 2. The molecular formula is C22H21F2N5OS. The highest BCUT2D eigenvalue weighted by atomic mass is 32.2. The lowest BCUT2D eigenvalue weighted by Crippen LogP contribution is -2.19. The summed E-state index contributed by atoms with van der Waals surface area (Å²) in [4.78, 5) is 23.6. The molecule has 2 aromatic carbocycles. The third kappa shape index (κ3) is 4.67. The largest absolute Gasteiger partial charge is 0.327 e. The second-order valence-electron chi connectivity index (χ2n) is 7.44. The van der Waals surface area contributed by atoms with E-state index in [1.165, 1.54) is 6.07 Å². The van der Waals surface area contributed by atoms with E-state index in [-0.39, 0.29) is 16.8 Å². The Morgan fingerprint density at radius 1 is 1.23 bits per heavy atom. The van der Waals surface area contributed by atoms with Gasteiger partial charge in [0.25, 0.3) is 5.91 Å². The number of imidazole rings is 1. The highest BCUT2D eigenvalue weighted by Gasteiger charge is 2.24. The minimum Gasteiger partial charge on any atom is -0.327 e. The number of aryl methyl sites for hydroxylation is 1. The molecule has 0 aliphatic carbocycles. The Bertz CT molecular complexity index is 1230. The van der Waals surface area contributed by atoms with E-state index in [0.717, 1.165) is 59.4 Å². The molecule has 0 radical (unpaired) electrons. The van der Waals surface area contributed by atoms with Crippen LogP contribution in [-0.2, 0) is 11.3 Å². The summed E-state index contributed by atoms with van der Waals surface area (Å²) in [5.74, 6) is -0.846. The number of halogens is 2. The number of hydrogen-bond donors (Lipinski definition) is 1. The van der Waals surface area contributed by atoms with Gasteiger partial charge in [-0.3, -0.25) is 4.79 Å². The highest BCUT2D eigenvalue weighted by molar-refractivity contribution is 8.18. The van der Waals surface area contributed by atoms with Crippen LogP contribution < -0.4 is 5.32 Å². The summed E-state index contributed by atoms with van der Waals surface area (Å²) in [5.41, 5.74) is 2.72. The van der Waals surface area contributed by atoms with Crippen LogP contribution in [0, 0.1) is 18.6 Å². The lowest BCUT2D eigenvalue weighted by atomic mass is 10.2. The van der Waals surface area contributed by atoms with Crippen LogP contribution in [0.2, 0.25) is 0 Å². The number of likely N-dealkylation sites (N-methyl/N-ethyl adjacent to an activating group) is 1. The minimum atomic E-state index is -0.786. The normalized spacial score (nSPS) is 16.8. The van der Waals surface area contributed by atoms with Gasteiger partial charge in [-0.05, 0) is 68.7 Å². The van der Waals surface area contributed by atoms with Gasteiger partial charge in [-0.25, -0.2) is 18.8 Å². The number of rotatable bonds is 5. The smallest absolute Gasteiger partial charge is 0.264 e. The van der Waals surface area contributed by atoms with Crippen LogP contribution in [0.3, 0.4) is 0 Å². The summed E-state index contributed by atoms with van der Waals surface area (Å²) in [6, 6.07) is 8.95. The van der Waals surface area contributed by atoms with Gasteiger partial charge in [0.2, 0.25) is 0 Å². The maximum atomic E-state index is 13.9. The number of amidine groups is 1. The quantitative estimate of drug-likeness (QED) is 0.606. The lowest BCUT2D eigenvalue weighted by Gasteiger charge is -2.12. The first-order valence-electron chi connectivity index (χ1n) is 9.66. The molecule has 6 nitrogen and oxygen atoms in total. The molecule has 1 N–H and O–H groups in total. The van der Waals surface area contributed by atoms with Gasteiger partial charge in [-0.2, -0.15) is 0 Å². The van der Waals surface area contributed by atoms with Crippen molar-refractivity contribution in [2.24, 2.45) is 4.99 Å². The van der Waals surface area contributed by atoms with Crippen molar-refractivity contribution in [2.75, 3.05) is 20.6 Å². The number of hydrogen-bond acceptors (Lipinski definition) is 5. The van der Waals surface area contributed by atoms with Crippen molar-refractivity contribution in [3.05, 3.63) is 64.3 Å². The van der Waals surface area contributed by atoms with Crippen LogP contribution in [0.1, 0.15) is 11.4 Å². The number of carbonyl (C=O) groups excluding carboxylic acids is 1. The van der Waals surface area contributed by atoms with Crippen molar-refractivity contribution >= 4 is 45.6 Å². The number of thioether (sulfide) groups is 1. The zero-order valence-corrected chi connectivity index (χ0v) is 18.1. The summed E-state index contributed by atoms with van der Waals surface area (Å²) < 4.78 is 29.1. The Morgan fingerprint density at radius 3 is 2.77 bits per heavy atom. The zero-order valence-electron chi connectivity index (χ0n) is 17.3. The van der Waals surface area contributed by atoms with Gasteiger partial charge in [-0.15, -0.1) is 0 Å². The lowest BCUT2D eigenvalue weighted by molar-refractivity contribution is -0.115. The Morgan fingerprint density at radius 2 is 2.03 bits per heavy atom. The molecule has 0 bridgehead atoms. The van der Waals surface area contributed by atoms with Crippen LogP contribution in [0.4, 0.5) is 14.5 Å². The highest BCUT2D eigenvalue weighted by Crippen LogP contribution is 2.30. The fourth-order valence-corrected chi connectivity index (χ4v) is 4.08. The van der Waals surface area contributed by atoms with E-state index in [4.69, 9.17) is 0 Å². The summed E-state index contributed by atoms with van der Waals surface area (Å²) in [5, 5.41) is 2.87. The predicted molar refractivity (Wildman–Crippen MR) is 120 cm³/mol. The summed E-state index contributed by atoms with van der Waals surface area (Å²) in [6.07, 6.45) is 1.77. The maximum absolute atomic E-state index is 13.9. The molecule has 3 aromatic rings. The molecule has 0 unspecified atom stereocenters.